The number of hydrogen-bond donors (Lipinski definition) is 1. The maximum Gasteiger partial charge on any atom is 0.235 e. The number of carbonyl (C=O) groups excluding carboxylic acids is 2. The maximum atomic E-state index is 11.9. The Balaban J connectivity index is 2.34. The number of nitrogen functional groups attached to an aromatic ring is 1. The van der Waals surface area contributed by atoms with Crippen molar-refractivity contribution in [1.29, 1.82) is 0 Å². The van der Waals surface area contributed by atoms with Gasteiger partial charge in [-0.3, -0.25) is 14.6 Å². The molecule has 0 spiro atoms. The van der Waals surface area contributed by atoms with E-state index < -0.39 is 11.6 Å². The summed E-state index contributed by atoms with van der Waals surface area (Å²) in [5.41, 5.74) is 6.50. The minimum absolute atomic E-state index is 0.231. The average Bonchev–Trinajstić information content (AvgIpc) is 2.39. The summed E-state index contributed by atoms with van der Waals surface area (Å²) in [6.07, 6.45) is 2.93. The van der Waals surface area contributed by atoms with E-state index >= 15 is 0 Å². The van der Waals surface area contributed by atoms with Crippen molar-refractivity contribution in [3.63, 3.8) is 0 Å². The molecule has 0 unspecified atom stereocenters. The van der Waals surface area contributed by atoms with Crippen LogP contribution < -0.4 is 5.73 Å². The highest BCUT2D eigenvalue weighted by molar-refractivity contribution is 6.50. The summed E-state index contributed by atoms with van der Waals surface area (Å²) in [6, 6.07) is 9.51. The molecule has 0 aliphatic heterocycles. The van der Waals surface area contributed by atoms with E-state index in [1.807, 2.05) is 0 Å². The van der Waals surface area contributed by atoms with Crippen molar-refractivity contribution in [2.45, 2.75) is 0 Å². The first-order valence-corrected chi connectivity index (χ1v) is 5.03. The minimum Gasteiger partial charge on any atom is -0.398 e. The van der Waals surface area contributed by atoms with Gasteiger partial charge in [0.15, 0.2) is 0 Å². The number of Topliss-reactive ketones (excluding diaryl/α,β-unsaturated/α-hetero) is 2. The van der Waals surface area contributed by atoms with E-state index in [0.717, 1.165) is 0 Å². The smallest absolute Gasteiger partial charge is 0.235 e. The molecule has 4 nitrogen and oxygen atoms in total. The molecule has 1 heterocycles. The fourth-order valence-electron chi connectivity index (χ4n) is 1.46. The molecule has 4 heteroatoms. The van der Waals surface area contributed by atoms with Crippen LogP contribution >= 0.6 is 0 Å². The van der Waals surface area contributed by atoms with Crippen molar-refractivity contribution in [2.75, 3.05) is 5.73 Å². The van der Waals surface area contributed by atoms with E-state index in [-0.39, 0.29) is 5.56 Å². The third-order valence-corrected chi connectivity index (χ3v) is 2.35. The van der Waals surface area contributed by atoms with Crippen LogP contribution in [-0.2, 0) is 0 Å². The lowest BCUT2D eigenvalue weighted by Crippen LogP contribution is -2.16. The monoisotopic (exact) mass is 226 g/mol. The standard InChI is InChI=1S/C13H10N2O2/c14-11-4-2-1-3-10(11)13(17)12(16)9-5-7-15-8-6-9/h1-8H,14H2. The Bertz CT molecular complexity index is 565. The lowest BCUT2D eigenvalue weighted by molar-refractivity contribution is 0.0817. The summed E-state index contributed by atoms with van der Waals surface area (Å²) in [4.78, 5) is 27.6. The predicted molar refractivity (Wildman–Crippen MR) is 63.8 cm³/mol. The number of ketones is 2. The normalized spacial score (nSPS) is 9.88. The Labute approximate surface area is 98.1 Å². The Morgan fingerprint density at radius 3 is 2.24 bits per heavy atom. The molecule has 0 aliphatic carbocycles. The Morgan fingerprint density at radius 1 is 0.941 bits per heavy atom. The highest BCUT2D eigenvalue weighted by Gasteiger charge is 2.19. The first-order valence-electron chi connectivity index (χ1n) is 5.03. The molecule has 0 amide bonds. The van der Waals surface area contributed by atoms with E-state index in [0.29, 0.717) is 11.3 Å². The van der Waals surface area contributed by atoms with Crippen LogP contribution in [0.5, 0.6) is 0 Å². The van der Waals surface area contributed by atoms with E-state index in [2.05, 4.69) is 4.98 Å². The van der Waals surface area contributed by atoms with Crippen LogP contribution in [0.15, 0.2) is 48.8 Å². The summed E-state index contributed by atoms with van der Waals surface area (Å²) >= 11 is 0. The van der Waals surface area contributed by atoms with E-state index in [9.17, 15) is 9.59 Å². The topological polar surface area (TPSA) is 73.1 Å². The molecule has 0 aliphatic rings. The number of rotatable bonds is 3. The van der Waals surface area contributed by atoms with Gasteiger partial charge in [-0.2, -0.15) is 0 Å². The number of para-hydroxylation sites is 1. The summed E-state index contributed by atoms with van der Waals surface area (Å²) < 4.78 is 0. The molecule has 2 N–H and O–H groups in total. The first kappa shape index (κ1) is 11.0. The van der Waals surface area contributed by atoms with Gasteiger partial charge in [0.25, 0.3) is 0 Å². The Kier molecular flexibility index (Phi) is 2.96. The van der Waals surface area contributed by atoms with Crippen molar-refractivity contribution >= 4 is 17.3 Å². The van der Waals surface area contributed by atoms with Crippen LogP contribution in [0.4, 0.5) is 5.69 Å². The maximum absolute atomic E-state index is 11.9. The second kappa shape index (κ2) is 4.57. The largest absolute Gasteiger partial charge is 0.398 e. The molecular formula is C13H10N2O2. The van der Waals surface area contributed by atoms with Crippen LogP contribution in [0, 0.1) is 0 Å². The zero-order valence-electron chi connectivity index (χ0n) is 8.96. The minimum atomic E-state index is -0.603. The van der Waals surface area contributed by atoms with Gasteiger partial charge in [0.1, 0.15) is 0 Å². The highest BCUT2D eigenvalue weighted by Crippen LogP contribution is 2.13. The van der Waals surface area contributed by atoms with Crippen molar-refractivity contribution < 1.29 is 9.59 Å². The van der Waals surface area contributed by atoms with Gasteiger partial charge < -0.3 is 5.73 Å². The number of carbonyl (C=O) groups is 2. The zero-order chi connectivity index (χ0) is 12.3. The number of hydrogen-bond acceptors (Lipinski definition) is 4. The fourth-order valence-corrected chi connectivity index (χ4v) is 1.46. The lowest BCUT2D eigenvalue weighted by atomic mass is 10.0. The fraction of sp³-hybridized carbons (Fsp3) is 0. The molecule has 1 aromatic carbocycles. The van der Waals surface area contributed by atoms with Crippen molar-refractivity contribution in [2.24, 2.45) is 0 Å². The van der Waals surface area contributed by atoms with Gasteiger partial charge >= 0.3 is 0 Å². The average molecular weight is 226 g/mol. The van der Waals surface area contributed by atoms with Gasteiger partial charge in [-0.1, -0.05) is 12.1 Å². The second-order valence-electron chi connectivity index (χ2n) is 3.48. The van der Waals surface area contributed by atoms with Crippen molar-refractivity contribution in [3.05, 3.63) is 59.9 Å². The number of pyridine rings is 1. The molecule has 0 bridgehead atoms. The van der Waals surface area contributed by atoms with Crippen LogP contribution in [0.25, 0.3) is 0 Å². The molecule has 2 rings (SSSR count). The molecule has 0 saturated carbocycles. The molecule has 0 saturated heterocycles. The number of anilines is 1. The lowest BCUT2D eigenvalue weighted by Gasteiger charge is -2.03. The highest BCUT2D eigenvalue weighted by atomic mass is 16.2. The SMILES string of the molecule is Nc1ccccc1C(=O)C(=O)c1ccncc1. The van der Waals surface area contributed by atoms with E-state index in [4.69, 9.17) is 5.73 Å². The first-order chi connectivity index (χ1) is 8.20. The van der Waals surface area contributed by atoms with Crippen molar-refractivity contribution in [1.82, 2.24) is 4.98 Å². The molecule has 2 aromatic rings. The third kappa shape index (κ3) is 2.20. The van der Waals surface area contributed by atoms with Gasteiger partial charge in [0, 0.05) is 29.2 Å². The molecule has 0 fully saturated rings. The predicted octanol–water partition coefficient (Wildman–Crippen LogP) is 1.73. The summed E-state index contributed by atoms with van der Waals surface area (Å²) in [5, 5.41) is 0. The second-order valence-corrected chi connectivity index (χ2v) is 3.48. The van der Waals surface area contributed by atoms with Crippen LogP contribution in [0.3, 0.4) is 0 Å². The number of nitrogens with two attached hydrogens (primary N) is 1. The van der Waals surface area contributed by atoms with E-state index in [1.54, 1.807) is 18.2 Å². The van der Waals surface area contributed by atoms with Gasteiger partial charge in [0.05, 0.1) is 0 Å². The number of nitrogens with zero attached hydrogens (tertiary/aromatic N) is 1. The van der Waals surface area contributed by atoms with Gasteiger partial charge in [-0.05, 0) is 24.3 Å². The molecule has 0 radical (unpaired) electrons. The van der Waals surface area contributed by atoms with Crippen molar-refractivity contribution in [3.8, 4) is 0 Å². The van der Waals surface area contributed by atoms with Gasteiger partial charge in [0.2, 0.25) is 11.6 Å². The quantitative estimate of drug-likeness (QED) is 0.491. The van der Waals surface area contributed by atoms with Crippen LogP contribution in [-0.4, -0.2) is 16.6 Å². The summed E-state index contributed by atoms with van der Waals surface area (Å²) in [7, 11) is 0. The zero-order valence-corrected chi connectivity index (χ0v) is 8.96. The summed E-state index contributed by atoms with van der Waals surface area (Å²) in [6.45, 7) is 0. The van der Waals surface area contributed by atoms with Crippen LogP contribution in [0.1, 0.15) is 20.7 Å². The van der Waals surface area contributed by atoms with E-state index in [1.165, 1.54) is 30.6 Å². The molecule has 17 heavy (non-hydrogen) atoms. The molecular weight excluding hydrogens is 216 g/mol. The van der Waals surface area contributed by atoms with Gasteiger partial charge in [-0.25, -0.2) is 0 Å². The summed E-state index contributed by atoms with van der Waals surface area (Å²) in [5.74, 6) is -1.18. The molecule has 84 valence electrons. The number of benzene rings is 1. The molecule has 0 atom stereocenters. The van der Waals surface area contributed by atoms with Gasteiger partial charge in [-0.15, -0.1) is 0 Å². The Hall–Kier alpha value is -2.49. The number of aromatic nitrogens is 1. The van der Waals surface area contributed by atoms with Crippen LogP contribution in [0.2, 0.25) is 0 Å². The molecule has 1 aromatic heterocycles. The Morgan fingerprint density at radius 2 is 1.59 bits per heavy atom. The third-order valence-electron chi connectivity index (χ3n) is 2.35.